The highest BCUT2D eigenvalue weighted by Crippen LogP contribution is 2.31. The summed E-state index contributed by atoms with van der Waals surface area (Å²) in [6, 6.07) is 2.14. The van der Waals surface area contributed by atoms with Gasteiger partial charge in [-0.3, -0.25) is 4.79 Å². The summed E-state index contributed by atoms with van der Waals surface area (Å²) in [6.45, 7) is 7.06. The van der Waals surface area contributed by atoms with Gasteiger partial charge in [-0.15, -0.1) is 21.5 Å². The van der Waals surface area contributed by atoms with E-state index in [4.69, 9.17) is 0 Å². The first kappa shape index (κ1) is 19.6. The van der Waals surface area contributed by atoms with Crippen molar-refractivity contribution < 1.29 is 4.79 Å². The third-order valence-corrected chi connectivity index (χ3v) is 7.40. The Labute approximate surface area is 172 Å². The maximum atomic E-state index is 13.2. The molecule has 0 unspecified atom stereocenters. The van der Waals surface area contributed by atoms with Gasteiger partial charge in [-0.05, 0) is 50.2 Å². The van der Waals surface area contributed by atoms with E-state index in [1.807, 2.05) is 0 Å². The fourth-order valence-corrected chi connectivity index (χ4v) is 5.97. The number of amides is 1. The molecule has 2 aromatic heterocycles. The van der Waals surface area contributed by atoms with Crippen molar-refractivity contribution >= 4 is 17.2 Å². The van der Waals surface area contributed by atoms with Gasteiger partial charge in [-0.2, -0.15) is 0 Å². The van der Waals surface area contributed by atoms with E-state index < -0.39 is 0 Å². The molecule has 2 aliphatic heterocycles. The van der Waals surface area contributed by atoms with Gasteiger partial charge in [-0.25, -0.2) is 0 Å². The van der Waals surface area contributed by atoms with Crippen molar-refractivity contribution in [1.82, 2.24) is 19.7 Å². The Kier molecular flexibility index (Phi) is 6.14. The van der Waals surface area contributed by atoms with E-state index in [0.29, 0.717) is 5.92 Å². The minimum Gasteiger partial charge on any atom is -0.337 e. The summed E-state index contributed by atoms with van der Waals surface area (Å²) >= 11 is 1.71. The van der Waals surface area contributed by atoms with Crippen LogP contribution in [0.3, 0.4) is 0 Å². The van der Waals surface area contributed by atoms with Gasteiger partial charge >= 0.3 is 0 Å². The fourth-order valence-electron chi connectivity index (χ4n) is 4.65. The van der Waals surface area contributed by atoms with Crippen molar-refractivity contribution in [1.29, 1.82) is 0 Å². The maximum Gasteiger partial charge on any atom is 0.263 e. The quantitative estimate of drug-likeness (QED) is 0.737. The van der Waals surface area contributed by atoms with E-state index in [2.05, 4.69) is 39.6 Å². The molecule has 1 amide bonds. The zero-order valence-electron chi connectivity index (χ0n) is 17.2. The van der Waals surface area contributed by atoms with Crippen LogP contribution < -0.4 is 0 Å². The average Bonchev–Trinajstić information content (AvgIpc) is 3.24. The highest BCUT2D eigenvalue weighted by atomic mass is 32.1. The molecule has 6 heteroatoms. The number of aryl methyl sites for hydroxylation is 3. The van der Waals surface area contributed by atoms with Crippen molar-refractivity contribution in [2.75, 3.05) is 13.1 Å². The molecule has 1 saturated heterocycles. The molecule has 0 aliphatic carbocycles. The second kappa shape index (κ2) is 8.76. The van der Waals surface area contributed by atoms with Gasteiger partial charge < -0.3 is 9.47 Å². The first-order valence-corrected chi connectivity index (χ1v) is 11.9. The van der Waals surface area contributed by atoms with Gasteiger partial charge in [0.25, 0.3) is 5.91 Å². The molecule has 0 saturated carbocycles. The zero-order chi connectivity index (χ0) is 19.5. The number of carbonyl (C=O) groups is 1. The van der Waals surface area contributed by atoms with Crippen LogP contribution in [0, 0.1) is 0 Å². The third-order valence-electron chi connectivity index (χ3n) is 6.18. The highest BCUT2D eigenvalue weighted by Gasteiger charge is 2.30. The number of hydrogen-bond donors (Lipinski definition) is 0. The molecular weight excluding hydrogens is 368 g/mol. The summed E-state index contributed by atoms with van der Waals surface area (Å²) in [7, 11) is 0. The number of fused-ring (bicyclic) bond motifs is 1. The Balaban J connectivity index is 1.51. The van der Waals surface area contributed by atoms with Crippen LogP contribution in [0.15, 0.2) is 6.07 Å². The first-order valence-electron chi connectivity index (χ1n) is 11.0. The van der Waals surface area contributed by atoms with Crippen LogP contribution in [-0.4, -0.2) is 38.7 Å². The molecule has 4 heterocycles. The lowest BCUT2D eigenvalue weighted by Gasteiger charge is -2.32. The molecule has 0 aromatic carbocycles. The van der Waals surface area contributed by atoms with Gasteiger partial charge in [-0.1, -0.05) is 26.7 Å². The number of rotatable bonds is 5. The summed E-state index contributed by atoms with van der Waals surface area (Å²) in [5.41, 5.74) is 1.35. The van der Waals surface area contributed by atoms with Gasteiger partial charge in [0.1, 0.15) is 11.6 Å². The van der Waals surface area contributed by atoms with E-state index in [0.717, 1.165) is 74.7 Å². The average molecular weight is 401 g/mol. The van der Waals surface area contributed by atoms with Gasteiger partial charge in [0.05, 0.1) is 4.88 Å². The number of likely N-dealkylation sites (tertiary alicyclic amines) is 1. The molecule has 2 aliphatic rings. The molecule has 5 nitrogen and oxygen atoms in total. The lowest BCUT2D eigenvalue weighted by Crippen LogP contribution is -2.39. The minimum absolute atomic E-state index is 0.211. The Hall–Kier alpha value is -1.69. The lowest BCUT2D eigenvalue weighted by atomic mass is 9.96. The van der Waals surface area contributed by atoms with Crippen molar-refractivity contribution in [3.8, 4) is 0 Å². The second-order valence-electron chi connectivity index (χ2n) is 8.19. The van der Waals surface area contributed by atoms with E-state index in [1.165, 1.54) is 29.7 Å². The summed E-state index contributed by atoms with van der Waals surface area (Å²) in [5.74, 6) is 2.78. The van der Waals surface area contributed by atoms with E-state index in [-0.39, 0.29) is 5.91 Å². The lowest BCUT2D eigenvalue weighted by molar-refractivity contribution is 0.0708. The van der Waals surface area contributed by atoms with Crippen LogP contribution in [0.2, 0.25) is 0 Å². The van der Waals surface area contributed by atoms with E-state index in [1.54, 1.807) is 11.3 Å². The monoisotopic (exact) mass is 400 g/mol. The van der Waals surface area contributed by atoms with Crippen molar-refractivity contribution in [3.63, 3.8) is 0 Å². The standard InChI is InChI=1S/C22H32N4OS/c1-3-9-18-16(4-2)14-19(28-18)22(27)25-12-8-10-17(15-25)21-24-23-20-11-6-5-7-13-26(20)21/h14,17H,3-13,15H2,1-2H3/t17-/m1/s1. The number of nitrogens with zero attached hydrogens (tertiary/aromatic N) is 4. The summed E-state index contributed by atoms with van der Waals surface area (Å²) in [4.78, 5) is 17.6. The van der Waals surface area contributed by atoms with E-state index >= 15 is 0 Å². The van der Waals surface area contributed by atoms with Crippen molar-refractivity contribution in [2.45, 2.75) is 84.1 Å². The molecule has 152 valence electrons. The normalized spacial score (nSPS) is 20.1. The van der Waals surface area contributed by atoms with Crippen LogP contribution in [0.1, 0.15) is 90.1 Å². The minimum atomic E-state index is 0.211. The molecule has 4 rings (SSSR count). The summed E-state index contributed by atoms with van der Waals surface area (Å²) in [6.07, 6.45) is 10.1. The van der Waals surface area contributed by atoms with Crippen LogP contribution in [0.4, 0.5) is 0 Å². The number of carbonyl (C=O) groups excluding carboxylic acids is 1. The molecule has 1 atom stereocenters. The van der Waals surface area contributed by atoms with Gasteiger partial charge in [0.2, 0.25) is 0 Å². The molecule has 1 fully saturated rings. The fraction of sp³-hybridized carbons (Fsp3) is 0.682. The Morgan fingerprint density at radius 3 is 2.89 bits per heavy atom. The van der Waals surface area contributed by atoms with Crippen LogP contribution in [0.5, 0.6) is 0 Å². The third kappa shape index (κ3) is 3.88. The zero-order valence-corrected chi connectivity index (χ0v) is 18.1. The Morgan fingerprint density at radius 2 is 2.07 bits per heavy atom. The van der Waals surface area contributed by atoms with Gasteiger partial charge in [0.15, 0.2) is 0 Å². The highest BCUT2D eigenvalue weighted by molar-refractivity contribution is 7.14. The largest absolute Gasteiger partial charge is 0.337 e. The maximum absolute atomic E-state index is 13.2. The number of aromatic nitrogens is 3. The Morgan fingerprint density at radius 1 is 1.18 bits per heavy atom. The molecule has 0 spiro atoms. The van der Waals surface area contributed by atoms with Crippen LogP contribution >= 0.6 is 11.3 Å². The number of piperidine rings is 1. The van der Waals surface area contributed by atoms with Gasteiger partial charge in [0, 0.05) is 36.9 Å². The van der Waals surface area contributed by atoms with Crippen molar-refractivity contribution in [3.05, 3.63) is 33.0 Å². The second-order valence-corrected chi connectivity index (χ2v) is 9.33. The molecule has 2 aromatic rings. The van der Waals surface area contributed by atoms with Crippen molar-refractivity contribution in [2.24, 2.45) is 0 Å². The van der Waals surface area contributed by atoms with Crippen LogP contribution in [-0.2, 0) is 25.8 Å². The molecule has 28 heavy (non-hydrogen) atoms. The molecular formula is C22H32N4OS. The predicted molar refractivity (Wildman–Crippen MR) is 113 cm³/mol. The molecule has 0 radical (unpaired) electrons. The summed E-state index contributed by atoms with van der Waals surface area (Å²) in [5, 5.41) is 9.04. The molecule has 0 bridgehead atoms. The first-order chi connectivity index (χ1) is 13.7. The topological polar surface area (TPSA) is 51.0 Å². The van der Waals surface area contributed by atoms with E-state index in [9.17, 15) is 4.79 Å². The molecule has 0 N–H and O–H groups in total. The smallest absolute Gasteiger partial charge is 0.263 e. The predicted octanol–water partition coefficient (Wildman–Crippen LogP) is 4.60. The number of hydrogen-bond acceptors (Lipinski definition) is 4. The van der Waals surface area contributed by atoms with Crippen LogP contribution in [0.25, 0.3) is 0 Å². The SMILES string of the molecule is CCCc1sc(C(=O)N2CCC[C@@H](c3nnc4n3CCCCC4)C2)cc1CC. The summed E-state index contributed by atoms with van der Waals surface area (Å²) < 4.78 is 2.35. The Bertz CT molecular complexity index is 825. The number of thiophene rings is 1.